The number of rotatable bonds is 12. The van der Waals surface area contributed by atoms with Crippen LogP contribution in [-0.4, -0.2) is 11.9 Å². The summed E-state index contributed by atoms with van der Waals surface area (Å²) >= 11 is 0. The molecule has 0 aliphatic heterocycles. The van der Waals surface area contributed by atoms with Crippen LogP contribution in [0, 0.1) is 13.8 Å². The largest absolute Gasteiger partial charge is 0.418 e. The molecule has 0 radical (unpaired) electrons. The van der Waals surface area contributed by atoms with E-state index >= 15 is 0 Å². The lowest BCUT2D eigenvalue weighted by Gasteiger charge is -2.17. The minimum atomic E-state index is -0.520. The van der Waals surface area contributed by atoms with Gasteiger partial charge in [-0.2, -0.15) is 0 Å². The van der Waals surface area contributed by atoms with Crippen molar-refractivity contribution in [2.24, 2.45) is 0 Å². The fraction of sp³-hybridized carbons (Fsp3) is 0.263. The third kappa shape index (κ3) is 8.29. The van der Waals surface area contributed by atoms with Crippen molar-refractivity contribution in [2.45, 2.75) is 66.2 Å². The van der Waals surface area contributed by atoms with Gasteiger partial charge in [0.2, 0.25) is 0 Å². The second-order valence-electron chi connectivity index (χ2n) is 10.8. The first kappa shape index (κ1) is 30.5. The van der Waals surface area contributed by atoms with Gasteiger partial charge in [-0.05, 0) is 74.9 Å². The minimum Gasteiger partial charge on any atom is -0.418 e. The van der Waals surface area contributed by atoms with Crippen molar-refractivity contribution in [2.75, 3.05) is 0 Å². The molecule has 0 fully saturated rings. The third-order valence-electron chi connectivity index (χ3n) is 7.24. The molecule has 0 saturated heterocycles. The highest BCUT2D eigenvalue weighted by Crippen LogP contribution is 2.31. The lowest BCUT2D eigenvalue weighted by molar-refractivity contribution is 0.0646. The van der Waals surface area contributed by atoms with Gasteiger partial charge in [0.05, 0.1) is 11.1 Å². The first-order valence-corrected chi connectivity index (χ1v) is 14.9. The highest BCUT2D eigenvalue weighted by Gasteiger charge is 2.23. The normalized spacial score (nSPS) is 11.5. The smallest absolute Gasteiger partial charge is 0.343 e. The molecule has 0 bridgehead atoms. The molecule has 0 aliphatic rings. The maximum atomic E-state index is 13.5. The Kier molecular flexibility index (Phi) is 10.9. The summed E-state index contributed by atoms with van der Waals surface area (Å²) in [5.41, 5.74) is 6.59. The number of esters is 2. The van der Waals surface area contributed by atoms with Crippen molar-refractivity contribution < 1.29 is 19.1 Å². The standard InChI is InChI=1S/C38H40O4/c1-5-7-9-29-15-23-33(24-16-29)37(39)41-35(31-19-11-27(3)12-20-31)36(32-21-13-28(4)14-22-32)42-38(40)34-25-17-30(18-26-34)10-8-6-2/h11-26H,5-10H2,1-4H3. The van der Waals surface area contributed by atoms with Gasteiger partial charge < -0.3 is 9.47 Å². The van der Waals surface area contributed by atoms with Gasteiger partial charge in [0.15, 0.2) is 11.5 Å². The fourth-order valence-corrected chi connectivity index (χ4v) is 4.56. The van der Waals surface area contributed by atoms with Gasteiger partial charge in [-0.1, -0.05) is 111 Å². The van der Waals surface area contributed by atoms with E-state index in [0.717, 1.165) is 49.7 Å². The van der Waals surface area contributed by atoms with Gasteiger partial charge in [0.1, 0.15) is 0 Å². The Labute approximate surface area is 250 Å². The Morgan fingerprint density at radius 3 is 1.10 bits per heavy atom. The molecule has 0 saturated carbocycles. The summed E-state index contributed by atoms with van der Waals surface area (Å²) in [5.74, 6) is -0.666. The van der Waals surface area contributed by atoms with E-state index in [1.165, 1.54) is 11.1 Å². The summed E-state index contributed by atoms with van der Waals surface area (Å²) in [5, 5.41) is 0. The van der Waals surface area contributed by atoms with Crippen LogP contribution in [0.15, 0.2) is 97.1 Å². The molecule has 4 rings (SSSR count). The molecule has 0 amide bonds. The first-order valence-electron chi connectivity index (χ1n) is 14.9. The Hall–Kier alpha value is -4.44. The number of benzene rings is 4. The maximum Gasteiger partial charge on any atom is 0.343 e. The number of ether oxygens (including phenoxy) is 2. The van der Waals surface area contributed by atoms with E-state index in [1.807, 2.05) is 86.6 Å². The lowest BCUT2D eigenvalue weighted by Crippen LogP contribution is -2.11. The molecule has 0 atom stereocenters. The molecule has 4 aromatic carbocycles. The summed E-state index contributed by atoms with van der Waals surface area (Å²) < 4.78 is 12.2. The minimum absolute atomic E-state index is 0.187. The van der Waals surface area contributed by atoms with Crippen LogP contribution in [-0.2, 0) is 22.3 Å². The van der Waals surface area contributed by atoms with E-state index in [4.69, 9.17) is 9.47 Å². The van der Waals surface area contributed by atoms with E-state index < -0.39 is 11.9 Å². The van der Waals surface area contributed by atoms with E-state index in [-0.39, 0.29) is 11.5 Å². The second-order valence-corrected chi connectivity index (χ2v) is 10.8. The van der Waals surface area contributed by atoms with Crippen LogP contribution >= 0.6 is 0 Å². The molecule has 0 N–H and O–H groups in total. The summed E-state index contributed by atoms with van der Waals surface area (Å²) in [7, 11) is 0. The first-order chi connectivity index (χ1) is 20.4. The number of aryl methyl sites for hydroxylation is 4. The topological polar surface area (TPSA) is 52.6 Å². The zero-order chi connectivity index (χ0) is 29.9. The molecule has 42 heavy (non-hydrogen) atoms. The van der Waals surface area contributed by atoms with Crippen LogP contribution < -0.4 is 0 Å². The predicted octanol–water partition coefficient (Wildman–Crippen LogP) is 9.53. The molecule has 0 unspecified atom stereocenters. The Balaban J connectivity index is 1.74. The van der Waals surface area contributed by atoms with Gasteiger partial charge in [-0.15, -0.1) is 0 Å². The van der Waals surface area contributed by atoms with Gasteiger partial charge in [-0.3, -0.25) is 0 Å². The number of unbranched alkanes of at least 4 members (excludes halogenated alkanes) is 2. The zero-order valence-electron chi connectivity index (χ0n) is 25.1. The SMILES string of the molecule is CCCCc1ccc(C(=O)OC(=C(OC(=O)c2ccc(CCCC)cc2)c2ccc(C)cc2)c2ccc(C)cc2)cc1. The van der Waals surface area contributed by atoms with E-state index in [2.05, 4.69) is 13.8 Å². The molecule has 4 nitrogen and oxygen atoms in total. The zero-order valence-corrected chi connectivity index (χ0v) is 25.1. The summed E-state index contributed by atoms with van der Waals surface area (Å²) in [6.45, 7) is 8.30. The molecular weight excluding hydrogens is 520 g/mol. The van der Waals surface area contributed by atoms with Crippen LogP contribution in [0.3, 0.4) is 0 Å². The Morgan fingerprint density at radius 2 is 0.786 bits per heavy atom. The molecule has 216 valence electrons. The van der Waals surface area contributed by atoms with E-state index in [9.17, 15) is 9.59 Å². The summed E-state index contributed by atoms with van der Waals surface area (Å²) in [6.07, 6.45) is 6.34. The molecule has 0 heterocycles. The van der Waals surface area contributed by atoms with Crippen LogP contribution in [0.25, 0.3) is 11.5 Å². The number of hydrogen-bond acceptors (Lipinski definition) is 4. The highest BCUT2D eigenvalue weighted by atomic mass is 16.6. The predicted molar refractivity (Wildman–Crippen MR) is 170 cm³/mol. The molecule has 0 aliphatic carbocycles. The lowest BCUT2D eigenvalue weighted by atomic mass is 10.0. The van der Waals surface area contributed by atoms with Crippen molar-refractivity contribution in [3.63, 3.8) is 0 Å². The van der Waals surface area contributed by atoms with E-state index in [0.29, 0.717) is 22.3 Å². The van der Waals surface area contributed by atoms with Crippen molar-refractivity contribution in [1.29, 1.82) is 0 Å². The van der Waals surface area contributed by atoms with Crippen molar-refractivity contribution in [3.05, 3.63) is 142 Å². The molecule has 0 spiro atoms. The van der Waals surface area contributed by atoms with Crippen molar-refractivity contribution in [3.8, 4) is 0 Å². The van der Waals surface area contributed by atoms with Crippen LogP contribution in [0.4, 0.5) is 0 Å². The number of hydrogen-bond donors (Lipinski definition) is 0. The Bertz CT molecular complexity index is 1380. The van der Waals surface area contributed by atoms with Gasteiger partial charge in [0.25, 0.3) is 0 Å². The van der Waals surface area contributed by atoms with Crippen molar-refractivity contribution in [1.82, 2.24) is 0 Å². The van der Waals surface area contributed by atoms with Crippen LogP contribution in [0.2, 0.25) is 0 Å². The Morgan fingerprint density at radius 1 is 0.476 bits per heavy atom. The van der Waals surface area contributed by atoms with Crippen LogP contribution in [0.5, 0.6) is 0 Å². The van der Waals surface area contributed by atoms with E-state index in [1.54, 1.807) is 24.3 Å². The van der Waals surface area contributed by atoms with Crippen molar-refractivity contribution >= 4 is 23.5 Å². The summed E-state index contributed by atoms with van der Waals surface area (Å²) in [4.78, 5) is 27.0. The molecular formula is C38H40O4. The van der Waals surface area contributed by atoms with Crippen LogP contribution in [0.1, 0.15) is 93.6 Å². The molecule has 0 aromatic heterocycles. The fourth-order valence-electron chi connectivity index (χ4n) is 4.56. The average molecular weight is 561 g/mol. The monoisotopic (exact) mass is 560 g/mol. The average Bonchev–Trinajstić information content (AvgIpc) is 3.02. The van der Waals surface area contributed by atoms with Gasteiger partial charge >= 0.3 is 11.9 Å². The third-order valence-corrected chi connectivity index (χ3v) is 7.24. The van der Waals surface area contributed by atoms with Gasteiger partial charge in [0, 0.05) is 11.1 Å². The highest BCUT2D eigenvalue weighted by molar-refractivity contribution is 6.00. The van der Waals surface area contributed by atoms with Gasteiger partial charge in [-0.25, -0.2) is 9.59 Å². The number of carbonyl (C=O) groups excluding carboxylic acids is 2. The second kappa shape index (κ2) is 15.0. The maximum absolute atomic E-state index is 13.5. The quantitative estimate of drug-likeness (QED) is 0.0983. The molecule has 4 aromatic rings. The summed E-state index contributed by atoms with van der Waals surface area (Å²) in [6, 6.07) is 30.3. The number of carbonyl (C=O) groups is 2. The molecule has 4 heteroatoms.